The van der Waals surface area contributed by atoms with Gasteiger partial charge in [-0.3, -0.25) is 9.59 Å². The molecule has 1 aliphatic rings. The van der Waals surface area contributed by atoms with Gasteiger partial charge in [-0.2, -0.15) is 0 Å². The van der Waals surface area contributed by atoms with E-state index in [9.17, 15) is 29.4 Å². The molecule has 142 valence electrons. The van der Waals surface area contributed by atoms with Crippen molar-refractivity contribution in [3.05, 3.63) is 0 Å². The Kier molecular flexibility index (Phi) is 7.35. The van der Waals surface area contributed by atoms with E-state index in [0.29, 0.717) is 0 Å². The third-order valence-corrected chi connectivity index (χ3v) is 4.35. The Bertz CT molecular complexity index is 488. The molecule has 1 saturated heterocycles. The van der Waals surface area contributed by atoms with Crippen LogP contribution in [0.15, 0.2) is 0 Å². The maximum Gasteiger partial charge on any atom is 0.326 e. The van der Waals surface area contributed by atoms with Crippen molar-refractivity contribution in [3.8, 4) is 0 Å². The molecule has 0 aromatic heterocycles. The number of nitrogens with one attached hydrogen (secondary N) is 3. The van der Waals surface area contributed by atoms with Gasteiger partial charge in [0, 0.05) is 13.1 Å². The van der Waals surface area contributed by atoms with Crippen molar-refractivity contribution in [3.63, 3.8) is 0 Å². The van der Waals surface area contributed by atoms with Crippen LogP contribution in [0.25, 0.3) is 0 Å². The zero-order chi connectivity index (χ0) is 19.3. The highest BCUT2D eigenvalue weighted by Gasteiger charge is 2.40. The molecule has 25 heavy (non-hydrogen) atoms. The van der Waals surface area contributed by atoms with Gasteiger partial charge in [0.2, 0.25) is 11.8 Å². The first kappa shape index (κ1) is 20.9. The molecule has 0 radical (unpaired) electrons. The van der Waals surface area contributed by atoms with Crippen LogP contribution in [0, 0.1) is 23.7 Å². The highest BCUT2D eigenvalue weighted by atomic mass is 16.4. The average Bonchev–Trinajstić information content (AvgIpc) is 2.98. The summed E-state index contributed by atoms with van der Waals surface area (Å²) in [5.74, 6) is -5.43. The van der Waals surface area contributed by atoms with Gasteiger partial charge in [-0.15, -0.1) is 0 Å². The molecular formula is C16H27N3O6. The minimum atomic E-state index is -1.14. The fourth-order valence-electron chi connectivity index (χ4n) is 2.78. The molecule has 9 heteroatoms. The summed E-state index contributed by atoms with van der Waals surface area (Å²) in [4.78, 5) is 47.3. The van der Waals surface area contributed by atoms with Gasteiger partial charge in [0.1, 0.15) is 12.1 Å². The van der Waals surface area contributed by atoms with Crippen LogP contribution in [-0.4, -0.2) is 59.1 Å². The van der Waals surface area contributed by atoms with Crippen molar-refractivity contribution in [2.24, 2.45) is 23.7 Å². The summed E-state index contributed by atoms with van der Waals surface area (Å²) in [6, 6.07) is -2.08. The molecule has 0 bridgehead atoms. The van der Waals surface area contributed by atoms with Crippen molar-refractivity contribution >= 4 is 23.8 Å². The Morgan fingerprint density at radius 1 is 0.800 bits per heavy atom. The predicted octanol–water partition coefficient (Wildman–Crippen LogP) is -0.727. The van der Waals surface area contributed by atoms with Crippen LogP contribution in [0.1, 0.15) is 27.7 Å². The van der Waals surface area contributed by atoms with Gasteiger partial charge in [-0.05, 0) is 11.8 Å². The minimum absolute atomic E-state index is 0.230. The van der Waals surface area contributed by atoms with Crippen LogP contribution in [0.2, 0.25) is 0 Å². The van der Waals surface area contributed by atoms with Gasteiger partial charge in [-0.1, -0.05) is 27.7 Å². The molecule has 1 rings (SSSR count). The number of carbonyl (C=O) groups excluding carboxylic acids is 2. The maximum absolute atomic E-state index is 12.4. The molecule has 0 saturated carbocycles. The van der Waals surface area contributed by atoms with E-state index in [1.165, 1.54) is 0 Å². The Labute approximate surface area is 146 Å². The highest BCUT2D eigenvalue weighted by Crippen LogP contribution is 2.19. The fourth-order valence-corrected chi connectivity index (χ4v) is 2.78. The summed E-state index contributed by atoms with van der Waals surface area (Å²) in [6.45, 7) is 7.17. The molecule has 4 atom stereocenters. The normalized spacial score (nSPS) is 22.5. The van der Waals surface area contributed by atoms with Crippen molar-refractivity contribution < 1.29 is 29.4 Å². The summed E-state index contributed by atoms with van der Waals surface area (Å²) in [5, 5.41) is 26.2. The second-order valence-corrected chi connectivity index (χ2v) is 7.01. The minimum Gasteiger partial charge on any atom is -0.480 e. The van der Waals surface area contributed by atoms with Crippen molar-refractivity contribution in [1.82, 2.24) is 16.0 Å². The van der Waals surface area contributed by atoms with Crippen molar-refractivity contribution in [1.29, 1.82) is 0 Å². The Hall–Kier alpha value is -2.16. The number of hydrogen-bond donors (Lipinski definition) is 5. The first-order chi connectivity index (χ1) is 11.6. The van der Waals surface area contributed by atoms with Crippen LogP contribution >= 0.6 is 0 Å². The van der Waals surface area contributed by atoms with E-state index in [2.05, 4.69) is 16.0 Å². The lowest BCUT2D eigenvalue weighted by atomic mass is 9.92. The van der Waals surface area contributed by atoms with E-state index >= 15 is 0 Å². The number of hydrogen-bond acceptors (Lipinski definition) is 5. The first-order valence-corrected chi connectivity index (χ1v) is 8.33. The maximum atomic E-state index is 12.4. The summed E-state index contributed by atoms with van der Waals surface area (Å²) in [6.07, 6.45) is 0. The van der Waals surface area contributed by atoms with Crippen LogP contribution in [0.4, 0.5) is 0 Å². The molecule has 0 aliphatic carbocycles. The smallest absolute Gasteiger partial charge is 0.326 e. The number of carbonyl (C=O) groups is 4. The largest absolute Gasteiger partial charge is 0.480 e. The van der Waals surface area contributed by atoms with E-state index in [4.69, 9.17) is 0 Å². The fraction of sp³-hybridized carbons (Fsp3) is 0.750. The lowest BCUT2D eigenvalue weighted by Gasteiger charge is -2.24. The molecule has 1 fully saturated rings. The van der Waals surface area contributed by atoms with E-state index in [0.717, 1.165) is 0 Å². The molecule has 2 amide bonds. The van der Waals surface area contributed by atoms with Gasteiger partial charge < -0.3 is 26.2 Å². The molecule has 0 spiro atoms. The number of carboxylic acids is 2. The first-order valence-electron chi connectivity index (χ1n) is 8.33. The molecular weight excluding hydrogens is 330 g/mol. The van der Waals surface area contributed by atoms with Gasteiger partial charge in [0.05, 0.1) is 11.8 Å². The standard InChI is InChI=1S/C16H27N3O6/c1-7(2)11(15(22)23)18-13(20)9-5-17-6-10(9)14(21)19-12(8(3)4)16(24)25/h7-12,17H,5-6H2,1-4H3,(H,18,20)(H,19,21)(H,22,23)(H,24,25)/t9-,10-,11+,12+/m1/s1. The zero-order valence-corrected chi connectivity index (χ0v) is 14.9. The number of carboxylic acid groups (broad SMARTS) is 2. The lowest BCUT2D eigenvalue weighted by molar-refractivity contribution is -0.145. The third kappa shape index (κ3) is 5.42. The van der Waals surface area contributed by atoms with Gasteiger partial charge in [0.15, 0.2) is 0 Å². The summed E-state index contributed by atoms with van der Waals surface area (Å²) in [5.41, 5.74) is 0. The number of amides is 2. The molecule has 1 aliphatic heterocycles. The van der Waals surface area contributed by atoms with Crippen LogP contribution < -0.4 is 16.0 Å². The topological polar surface area (TPSA) is 145 Å². The van der Waals surface area contributed by atoms with E-state index in [1.807, 2.05) is 0 Å². The molecule has 0 aromatic carbocycles. The molecule has 1 heterocycles. The van der Waals surface area contributed by atoms with E-state index in [-0.39, 0.29) is 24.9 Å². The van der Waals surface area contributed by atoms with Crippen LogP contribution in [-0.2, 0) is 19.2 Å². The number of aliphatic carboxylic acids is 2. The predicted molar refractivity (Wildman–Crippen MR) is 88.7 cm³/mol. The SMILES string of the molecule is CC(C)[C@H](NC(=O)[C@@H]1CNC[C@H]1C(=O)N[C@H](C(=O)O)C(C)C)C(=O)O. The summed E-state index contributed by atoms with van der Waals surface area (Å²) in [7, 11) is 0. The monoisotopic (exact) mass is 357 g/mol. The molecule has 0 aromatic rings. The molecule has 0 unspecified atom stereocenters. The molecule has 5 N–H and O–H groups in total. The summed E-state index contributed by atoms with van der Waals surface area (Å²) < 4.78 is 0. The second kappa shape index (κ2) is 8.80. The van der Waals surface area contributed by atoms with Gasteiger partial charge >= 0.3 is 11.9 Å². The van der Waals surface area contributed by atoms with E-state index < -0.39 is 47.7 Å². The summed E-state index contributed by atoms with van der Waals surface area (Å²) >= 11 is 0. The Balaban J connectivity index is 2.81. The zero-order valence-electron chi connectivity index (χ0n) is 14.9. The van der Waals surface area contributed by atoms with Crippen LogP contribution in [0.3, 0.4) is 0 Å². The third-order valence-electron chi connectivity index (χ3n) is 4.35. The Morgan fingerprint density at radius 3 is 1.36 bits per heavy atom. The van der Waals surface area contributed by atoms with Gasteiger partial charge in [-0.25, -0.2) is 9.59 Å². The van der Waals surface area contributed by atoms with Crippen molar-refractivity contribution in [2.75, 3.05) is 13.1 Å². The van der Waals surface area contributed by atoms with E-state index in [1.54, 1.807) is 27.7 Å². The quantitative estimate of drug-likeness (QED) is 0.385. The Morgan fingerprint density at radius 2 is 1.12 bits per heavy atom. The number of rotatable bonds is 8. The average molecular weight is 357 g/mol. The second-order valence-electron chi connectivity index (χ2n) is 7.01. The van der Waals surface area contributed by atoms with Crippen LogP contribution in [0.5, 0.6) is 0 Å². The molecule has 9 nitrogen and oxygen atoms in total. The lowest BCUT2D eigenvalue weighted by Crippen LogP contribution is -2.51. The van der Waals surface area contributed by atoms with Crippen molar-refractivity contribution in [2.45, 2.75) is 39.8 Å². The van der Waals surface area contributed by atoms with Gasteiger partial charge in [0.25, 0.3) is 0 Å². The highest BCUT2D eigenvalue weighted by molar-refractivity contribution is 5.92.